The van der Waals surface area contributed by atoms with Gasteiger partial charge in [0.15, 0.2) is 0 Å². The molecule has 0 aliphatic carbocycles. The van der Waals surface area contributed by atoms with Gasteiger partial charge in [-0.3, -0.25) is 4.90 Å². The van der Waals surface area contributed by atoms with Crippen molar-refractivity contribution in [2.75, 3.05) is 19.6 Å². The van der Waals surface area contributed by atoms with Gasteiger partial charge in [-0.2, -0.15) is 11.3 Å². The van der Waals surface area contributed by atoms with Crippen LogP contribution in [-0.4, -0.2) is 24.5 Å². The second-order valence-corrected chi connectivity index (χ2v) is 5.39. The largest absolute Gasteiger partial charge is 0.330 e. The minimum absolute atomic E-state index is 0. The molecule has 4 heteroatoms. The predicted molar refractivity (Wildman–Crippen MR) is 68.6 cm³/mol. The molecule has 1 aliphatic rings. The monoisotopic (exact) mass is 246 g/mol. The van der Waals surface area contributed by atoms with Crippen molar-refractivity contribution in [3.05, 3.63) is 22.4 Å². The van der Waals surface area contributed by atoms with E-state index >= 15 is 0 Å². The van der Waals surface area contributed by atoms with Gasteiger partial charge in [0.25, 0.3) is 0 Å². The predicted octanol–water partition coefficient (Wildman–Crippen LogP) is 2.34. The third-order valence-electron chi connectivity index (χ3n) is 3.12. The van der Waals surface area contributed by atoms with Crippen molar-refractivity contribution in [2.45, 2.75) is 19.9 Å². The van der Waals surface area contributed by atoms with E-state index in [-0.39, 0.29) is 12.4 Å². The highest BCUT2D eigenvalue weighted by Crippen LogP contribution is 2.29. The SMILES string of the molecule is CC1(CN)CCN(Cc2ccsc2)C1.Cl. The third-order valence-corrected chi connectivity index (χ3v) is 3.85. The summed E-state index contributed by atoms with van der Waals surface area (Å²) in [6, 6.07) is 2.21. The number of likely N-dealkylation sites (tertiary alicyclic amines) is 1. The molecule has 1 aromatic heterocycles. The van der Waals surface area contributed by atoms with Crippen LogP contribution in [0, 0.1) is 5.41 Å². The molecular weight excluding hydrogens is 228 g/mol. The summed E-state index contributed by atoms with van der Waals surface area (Å²) >= 11 is 1.78. The first-order valence-electron chi connectivity index (χ1n) is 5.15. The summed E-state index contributed by atoms with van der Waals surface area (Å²) in [6.45, 7) is 6.55. The quantitative estimate of drug-likeness (QED) is 0.887. The van der Waals surface area contributed by atoms with Gasteiger partial charge in [-0.25, -0.2) is 0 Å². The Kier molecular flexibility index (Phi) is 4.59. The minimum Gasteiger partial charge on any atom is -0.330 e. The number of rotatable bonds is 3. The van der Waals surface area contributed by atoms with E-state index in [0.29, 0.717) is 5.41 Å². The highest BCUT2D eigenvalue weighted by Gasteiger charge is 2.32. The number of hydrogen-bond donors (Lipinski definition) is 1. The topological polar surface area (TPSA) is 29.3 Å². The Balaban J connectivity index is 0.00000112. The van der Waals surface area contributed by atoms with E-state index in [4.69, 9.17) is 5.73 Å². The lowest BCUT2D eigenvalue weighted by atomic mass is 9.90. The Morgan fingerprint density at radius 1 is 1.60 bits per heavy atom. The zero-order valence-corrected chi connectivity index (χ0v) is 10.7. The molecule has 0 bridgehead atoms. The summed E-state index contributed by atoms with van der Waals surface area (Å²) in [4.78, 5) is 2.51. The van der Waals surface area contributed by atoms with Gasteiger partial charge in [0.05, 0.1) is 0 Å². The van der Waals surface area contributed by atoms with Crippen LogP contribution in [0.5, 0.6) is 0 Å². The Morgan fingerprint density at radius 3 is 2.93 bits per heavy atom. The number of halogens is 1. The summed E-state index contributed by atoms with van der Waals surface area (Å²) in [5.41, 5.74) is 7.58. The Morgan fingerprint density at radius 2 is 2.40 bits per heavy atom. The molecule has 2 N–H and O–H groups in total. The van der Waals surface area contributed by atoms with Gasteiger partial charge in [0.1, 0.15) is 0 Å². The highest BCUT2D eigenvalue weighted by molar-refractivity contribution is 7.07. The fourth-order valence-corrected chi connectivity index (χ4v) is 2.73. The standard InChI is InChI=1S/C11H18N2S.ClH/c1-11(8-12)3-4-13(9-11)6-10-2-5-14-7-10;/h2,5,7H,3-4,6,8-9,12H2,1H3;1H. The molecule has 0 saturated carbocycles. The molecule has 1 saturated heterocycles. The summed E-state index contributed by atoms with van der Waals surface area (Å²) in [6.07, 6.45) is 1.24. The Bertz CT molecular complexity index is 289. The van der Waals surface area contributed by atoms with Crippen molar-refractivity contribution >= 4 is 23.7 Å². The lowest BCUT2D eigenvalue weighted by Gasteiger charge is -2.22. The Hall–Kier alpha value is -0.0900. The first kappa shape index (κ1) is 13.0. The molecule has 2 heterocycles. The van der Waals surface area contributed by atoms with Crippen molar-refractivity contribution in [3.63, 3.8) is 0 Å². The number of thiophene rings is 1. The van der Waals surface area contributed by atoms with E-state index in [9.17, 15) is 0 Å². The minimum atomic E-state index is 0. The van der Waals surface area contributed by atoms with Crippen LogP contribution in [0.2, 0.25) is 0 Å². The van der Waals surface area contributed by atoms with Crippen LogP contribution >= 0.6 is 23.7 Å². The zero-order chi connectivity index (χ0) is 10.0. The van der Waals surface area contributed by atoms with Crippen molar-refractivity contribution in [1.82, 2.24) is 4.90 Å². The van der Waals surface area contributed by atoms with Crippen molar-refractivity contribution in [3.8, 4) is 0 Å². The average molecular weight is 247 g/mol. The van der Waals surface area contributed by atoms with Crippen LogP contribution in [0.25, 0.3) is 0 Å². The lowest BCUT2D eigenvalue weighted by molar-refractivity contribution is 0.275. The molecule has 1 unspecified atom stereocenters. The number of hydrogen-bond acceptors (Lipinski definition) is 3. The zero-order valence-electron chi connectivity index (χ0n) is 9.11. The Labute approximate surface area is 102 Å². The van der Waals surface area contributed by atoms with Gasteiger partial charge in [0.2, 0.25) is 0 Å². The van der Waals surface area contributed by atoms with Gasteiger partial charge < -0.3 is 5.73 Å². The molecule has 0 radical (unpaired) electrons. The van der Waals surface area contributed by atoms with Gasteiger partial charge in [-0.05, 0) is 47.3 Å². The summed E-state index contributed by atoms with van der Waals surface area (Å²) in [5.74, 6) is 0. The maximum atomic E-state index is 5.78. The van der Waals surface area contributed by atoms with Gasteiger partial charge in [-0.15, -0.1) is 12.4 Å². The normalized spacial score (nSPS) is 26.5. The fourth-order valence-electron chi connectivity index (χ4n) is 2.07. The molecule has 0 aromatic carbocycles. The van der Waals surface area contributed by atoms with Gasteiger partial charge in [0, 0.05) is 13.1 Å². The van der Waals surface area contributed by atoms with Crippen LogP contribution in [-0.2, 0) is 6.54 Å². The average Bonchev–Trinajstić information content (AvgIpc) is 2.78. The molecule has 2 rings (SSSR count). The van der Waals surface area contributed by atoms with Crippen LogP contribution in [0.15, 0.2) is 16.8 Å². The molecule has 15 heavy (non-hydrogen) atoms. The van der Waals surface area contributed by atoms with E-state index in [0.717, 1.165) is 19.6 Å². The summed E-state index contributed by atoms with van der Waals surface area (Å²) in [5, 5.41) is 4.38. The molecule has 86 valence electrons. The summed E-state index contributed by atoms with van der Waals surface area (Å²) in [7, 11) is 0. The molecule has 2 nitrogen and oxygen atoms in total. The third kappa shape index (κ3) is 3.18. The van der Waals surface area contributed by atoms with Gasteiger partial charge >= 0.3 is 0 Å². The van der Waals surface area contributed by atoms with Gasteiger partial charge in [-0.1, -0.05) is 6.92 Å². The van der Waals surface area contributed by atoms with Crippen molar-refractivity contribution < 1.29 is 0 Å². The molecular formula is C11H19ClN2S. The van der Waals surface area contributed by atoms with E-state index in [1.54, 1.807) is 11.3 Å². The molecule has 1 atom stereocenters. The second kappa shape index (κ2) is 5.30. The first-order chi connectivity index (χ1) is 6.72. The molecule has 1 aromatic rings. The van der Waals surface area contributed by atoms with Crippen LogP contribution in [0.1, 0.15) is 18.9 Å². The fraction of sp³-hybridized carbons (Fsp3) is 0.636. The molecule has 1 aliphatic heterocycles. The number of nitrogens with two attached hydrogens (primary N) is 1. The molecule has 0 amide bonds. The van der Waals surface area contributed by atoms with Crippen LogP contribution in [0.3, 0.4) is 0 Å². The first-order valence-corrected chi connectivity index (χ1v) is 6.10. The second-order valence-electron chi connectivity index (χ2n) is 4.61. The number of nitrogens with zero attached hydrogens (tertiary/aromatic N) is 1. The smallest absolute Gasteiger partial charge is 0.0242 e. The highest BCUT2D eigenvalue weighted by atomic mass is 35.5. The molecule has 1 fully saturated rings. The lowest BCUT2D eigenvalue weighted by Crippen LogP contribution is -2.31. The van der Waals surface area contributed by atoms with Crippen molar-refractivity contribution in [1.29, 1.82) is 0 Å². The van der Waals surface area contributed by atoms with Crippen LogP contribution < -0.4 is 5.73 Å². The summed E-state index contributed by atoms with van der Waals surface area (Å²) < 4.78 is 0. The molecule has 0 spiro atoms. The van der Waals surface area contributed by atoms with E-state index in [1.165, 1.54) is 18.5 Å². The van der Waals surface area contributed by atoms with E-state index < -0.39 is 0 Å². The van der Waals surface area contributed by atoms with E-state index in [1.807, 2.05) is 0 Å². The maximum absolute atomic E-state index is 5.78. The van der Waals surface area contributed by atoms with Crippen LogP contribution in [0.4, 0.5) is 0 Å². The van der Waals surface area contributed by atoms with Crippen molar-refractivity contribution in [2.24, 2.45) is 11.1 Å². The maximum Gasteiger partial charge on any atom is 0.0242 e. The van der Waals surface area contributed by atoms with E-state index in [2.05, 4.69) is 28.7 Å².